The molecule has 0 saturated carbocycles. The van der Waals surface area contributed by atoms with Gasteiger partial charge in [0.2, 0.25) is 0 Å². The van der Waals surface area contributed by atoms with Gasteiger partial charge < -0.3 is 9.15 Å². The van der Waals surface area contributed by atoms with Crippen LogP contribution in [0.1, 0.15) is 44.5 Å². The molecule has 4 nitrogen and oxygen atoms in total. The number of ether oxygens (including phenoxy) is 1. The van der Waals surface area contributed by atoms with Gasteiger partial charge in [-0.15, -0.1) is 0 Å². The summed E-state index contributed by atoms with van der Waals surface area (Å²) in [5.41, 5.74) is 2.93. The average molecular weight is 272 g/mol. The summed E-state index contributed by atoms with van der Waals surface area (Å²) >= 11 is 0. The highest BCUT2D eigenvalue weighted by atomic mass is 16.5. The second-order valence-electron chi connectivity index (χ2n) is 4.61. The molecule has 4 heteroatoms. The Morgan fingerprint density at radius 3 is 2.40 bits per heavy atom. The molecule has 1 aromatic carbocycles. The number of ketones is 1. The van der Waals surface area contributed by atoms with Crippen molar-refractivity contribution < 1.29 is 18.7 Å². The Hall–Kier alpha value is -2.36. The van der Waals surface area contributed by atoms with Gasteiger partial charge in [0.05, 0.1) is 13.4 Å². The van der Waals surface area contributed by atoms with Gasteiger partial charge in [0.1, 0.15) is 11.3 Å². The predicted molar refractivity (Wildman–Crippen MR) is 74.0 cm³/mol. The zero-order valence-corrected chi connectivity index (χ0v) is 11.7. The topological polar surface area (TPSA) is 56.5 Å². The van der Waals surface area contributed by atoms with Crippen LogP contribution in [0.4, 0.5) is 0 Å². The lowest BCUT2D eigenvalue weighted by Crippen LogP contribution is -2.05. The zero-order valence-electron chi connectivity index (χ0n) is 11.7. The third kappa shape index (κ3) is 2.79. The summed E-state index contributed by atoms with van der Waals surface area (Å²) in [6.07, 6.45) is 2.13. The van der Waals surface area contributed by atoms with Crippen molar-refractivity contribution in [3.63, 3.8) is 0 Å². The summed E-state index contributed by atoms with van der Waals surface area (Å²) in [5.74, 6) is 0.185. The third-order valence-corrected chi connectivity index (χ3v) is 3.20. The van der Waals surface area contributed by atoms with Crippen molar-refractivity contribution in [1.29, 1.82) is 0 Å². The van der Waals surface area contributed by atoms with Gasteiger partial charge >= 0.3 is 5.97 Å². The summed E-state index contributed by atoms with van der Waals surface area (Å²) in [7, 11) is 1.35. The van der Waals surface area contributed by atoms with E-state index in [0.717, 1.165) is 11.1 Å². The Labute approximate surface area is 117 Å². The first-order chi connectivity index (χ1) is 9.52. The van der Waals surface area contributed by atoms with Crippen molar-refractivity contribution in [3.05, 3.63) is 58.5 Å². The molecule has 0 saturated heterocycles. The van der Waals surface area contributed by atoms with Crippen LogP contribution in [0.25, 0.3) is 0 Å². The molecule has 104 valence electrons. The van der Waals surface area contributed by atoms with E-state index in [1.807, 2.05) is 12.1 Å². The number of furan rings is 1. The molecule has 0 bridgehead atoms. The highest BCUT2D eigenvalue weighted by Crippen LogP contribution is 2.21. The molecule has 0 N–H and O–H groups in total. The van der Waals surface area contributed by atoms with Gasteiger partial charge in [0.15, 0.2) is 5.78 Å². The molecule has 1 aromatic heterocycles. The minimum atomic E-state index is -0.397. The number of carbonyl (C=O) groups excluding carboxylic acids is 2. The minimum absolute atomic E-state index is 0.0333. The molecule has 0 unspecified atom stereocenters. The van der Waals surface area contributed by atoms with Crippen LogP contribution in [0.2, 0.25) is 0 Å². The first-order valence-electron chi connectivity index (χ1n) is 6.28. The van der Waals surface area contributed by atoms with Gasteiger partial charge in [-0.05, 0) is 19.4 Å². The highest BCUT2D eigenvalue weighted by Gasteiger charge is 2.18. The normalized spacial score (nSPS) is 10.3. The number of benzene rings is 1. The van der Waals surface area contributed by atoms with E-state index in [0.29, 0.717) is 23.3 Å². The van der Waals surface area contributed by atoms with E-state index in [-0.39, 0.29) is 5.78 Å². The molecule has 0 aliphatic heterocycles. The number of methoxy groups -OCH3 is 1. The number of carbonyl (C=O) groups is 2. The van der Waals surface area contributed by atoms with Crippen LogP contribution in [0, 0.1) is 6.92 Å². The van der Waals surface area contributed by atoms with Crippen molar-refractivity contribution >= 4 is 11.8 Å². The van der Waals surface area contributed by atoms with Crippen molar-refractivity contribution in [1.82, 2.24) is 0 Å². The standard InChI is InChI=1S/C16H16O4/c1-10(17)13-6-4-12(5-7-13)8-14-9-20-11(2)15(14)16(18)19-3/h4-7,9H,8H2,1-3H3. The largest absolute Gasteiger partial charge is 0.468 e. The van der Waals surface area contributed by atoms with Gasteiger partial charge in [-0.3, -0.25) is 4.79 Å². The molecule has 0 aliphatic rings. The van der Waals surface area contributed by atoms with Crippen LogP contribution >= 0.6 is 0 Å². The first kappa shape index (κ1) is 14.1. The maximum absolute atomic E-state index is 11.7. The molecule has 0 amide bonds. The van der Waals surface area contributed by atoms with Crippen molar-refractivity contribution in [3.8, 4) is 0 Å². The van der Waals surface area contributed by atoms with Crippen LogP contribution in [0.5, 0.6) is 0 Å². The molecule has 0 fully saturated rings. The van der Waals surface area contributed by atoms with E-state index in [1.54, 1.807) is 25.3 Å². The maximum Gasteiger partial charge on any atom is 0.341 e. The molecule has 20 heavy (non-hydrogen) atoms. The average Bonchev–Trinajstić information content (AvgIpc) is 2.79. The van der Waals surface area contributed by atoms with Gasteiger partial charge in [-0.25, -0.2) is 4.79 Å². The fourth-order valence-corrected chi connectivity index (χ4v) is 2.09. The number of hydrogen-bond acceptors (Lipinski definition) is 4. The molecular weight excluding hydrogens is 256 g/mol. The van der Waals surface area contributed by atoms with Crippen molar-refractivity contribution in [2.75, 3.05) is 7.11 Å². The van der Waals surface area contributed by atoms with Crippen molar-refractivity contribution in [2.45, 2.75) is 20.3 Å². The Morgan fingerprint density at radius 1 is 1.20 bits per heavy atom. The van der Waals surface area contributed by atoms with Crippen LogP contribution in [-0.2, 0) is 11.2 Å². The minimum Gasteiger partial charge on any atom is -0.468 e. The van der Waals surface area contributed by atoms with Gasteiger partial charge in [0, 0.05) is 17.5 Å². The molecule has 1 heterocycles. The molecular formula is C16H16O4. The number of esters is 1. The number of Topliss-reactive ketones (excluding diaryl/α,β-unsaturated/α-hetero) is 1. The Bertz CT molecular complexity index is 635. The Kier molecular flexibility index (Phi) is 4.03. The van der Waals surface area contributed by atoms with E-state index in [1.165, 1.54) is 14.0 Å². The summed E-state index contributed by atoms with van der Waals surface area (Å²) in [5, 5.41) is 0. The molecule has 2 aromatic rings. The fourth-order valence-electron chi connectivity index (χ4n) is 2.09. The van der Waals surface area contributed by atoms with Crippen LogP contribution in [0.3, 0.4) is 0 Å². The monoisotopic (exact) mass is 272 g/mol. The Balaban J connectivity index is 2.26. The number of rotatable bonds is 4. The number of aryl methyl sites for hydroxylation is 1. The van der Waals surface area contributed by atoms with E-state index in [2.05, 4.69) is 0 Å². The molecule has 0 atom stereocenters. The van der Waals surface area contributed by atoms with E-state index < -0.39 is 5.97 Å². The summed E-state index contributed by atoms with van der Waals surface area (Å²) < 4.78 is 10.1. The first-order valence-corrected chi connectivity index (χ1v) is 6.28. The number of hydrogen-bond donors (Lipinski definition) is 0. The smallest absolute Gasteiger partial charge is 0.341 e. The van der Waals surface area contributed by atoms with Gasteiger partial charge in [-0.2, -0.15) is 0 Å². The highest BCUT2D eigenvalue weighted by molar-refractivity contribution is 5.94. The molecule has 0 radical (unpaired) electrons. The van der Waals surface area contributed by atoms with Crippen LogP contribution in [0.15, 0.2) is 34.9 Å². The molecule has 0 spiro atoms. The fraction of sp³-hybridized carbons (Fsp3) is 0.250. The van der Waals surface area contributed by atoms with E-state index in [9.17, 15) is 9.59 Å². The predicted octanol–water partition coefficient (Wildman–Crippen LogP) is 3.17. The second-order valence-corrected chi connectivity index (χ2v) is 4.61. The lowest BCUT2D eigenvalue weighted by atomic mass is 10.0. The van der Waals surface area contributed by atoms with Crippen molar-refractivity contribution in [2.24, 2.45) is 0 Å². The summed E-state index contributed by atoms with van der Waals surface area (Å²) in [4.78, 5) is 22.9. The maximum atomic E-state index is 11.7. The van der Waals surface area contributed by atoms with E-state index in [4.69, 9.17) is 9.15 Å². The lowest BCUT2D eigenvalue weighted by molar-refractivity contribution is 0.0597. The molecule has 2 rings (SSSR count). The third-order valence-electron chi connectivity index (χ3n) is 3.20. The summed E-state index contributed by atoms with van der Waals surface area (Å²) in [6, 6.07) is 7.31. The van der Waals surface area contributed by atoms with Gasteiger partial charge in [0.25, 0.3) is 0 Å². The zero-order chi connectivity index (χ0) is 14.7. The second kappa shape index (κ2) is 5.74. The molecule has 0 aliphatic carbocycles. The summed E-state index contributed by atoms with van der Waals surface area (Å²) in [6.45, 7) is 3.26. The SMILES string of the molecule is COC(=O)c1c(Cc2ccc(C(C)=O)cc2)coc1C. The lowest BCUT2D eigenvalue weighted by Gasteiger charge is -2.04. The van der Waals surface area contributed by atoms with Gasteiger partial charge in [-0.1, -0.05) is 24.3 Å². The van der Waals surface area contributed by atoms with E-state index >= 15 is 0 Å². The quantitative estimate of drug-likeness (QED) is 0.633. The van der Waals surface area contributed by atoms with Crippen LogP contribution < -0.4 is 0 Å². The van der Waals surface area contributed by atoms with Crippen LogP contribution in [-0.4, -0.2) is 18.9 Å². The Morgan fingerprint density at radius 2 is 1.85 bits per heavy atom.